The van der Waals surface area contributed by atoms with Gasteiger partial charge in [0.15, 0.2) is 63.7 Å². The highest BCUT2D eigenvalue weighted by Crippen LogP contribution is 2.41. The molecule has 16 heterocycles. The van der Waals surface area contributed by atoms with Crippen LogP contribution >= 0.6 is 0 Å². The Hall–Kier alpha value is -15.2. The van der Waals surface area contributed by atoms with Crippen LogP contribution in [0.2, 0.25) is 0 Å². The summed E-state index contributed by atoms with van der Waals surface area (Å²) in [5.74, 6) is 6.13. The first-order valence-corrected chi connectivity index (χ1v) is 51.1. The van der Waals surface area contributed by atoms with E-state index in [1.807, 2.05) is 59.6 Å². The van der Waals surface area contributed by atoms with Crippen LogP contribution in [-0.4, -0.2) is 206 Å². The van der Waals surface area contributed by atoms with Gasteiger partial charge in [-0.05, 0) is 312 Å². The monoisotopic (exact) mass is 2000 g/mol. The zero-order chi connectivity index (χ0) is 104. The van der Waals surface area contributed by atoms with Crippen molar-refractivity contribution in [3.8, 4) is 114 Å². The van der Waals surface area contributed by atoms with E-state index in [4.69, 9.17) is 72.5 Å². The lowest BCUT2D eigenvalue weighted by Gasteiger charge is -2.27. The molecule has 0 spiro atoms. The molecule has 1 aliphatic carbocycles. The van der Waals surface area contributed by atoms with Gasteiger partial charge in [0, 0.05) is 131 Å². The molecule has 15 aromatic rings. The van der Waals surface area contributed by atoms with Crippen LogP contribution in [0.25, 0.3) is 56.3 Å². The highest BCUT2D eigenvalue weighted by atomic mass is 16.5. The van der Waals surface area contributed by atoms with Gasteiger partial charge >= 0.3 is 0 Å². The highest BCUT2D eigenvalue weighted by Gasteiger charge is 2.29. The average molecular weight is 2000 g/mol. The topological polar surface area (TPSA) is 450 Å². The first-order chi connectivity index (χ1) is 71.4. The number of nitrogen functional groups attached to an aromatic ring is 6. The number of anilines is 6. The van der Waals surface area contributed by atoms with Crippen LogP contribution in [0.4, 0.5) is 34.9 Å². The second kappa shape index (κ2) is 45.9. The molecule has 37 nitrogen and oxygen atoms in total. The SMILES string of the molecule is CCOc1c(N)ncc(C)c1COc1nc(-c2cc(C)c3c(c2)CN(C)CC3)cnc1N.CCn1cc(Oc2nc(-c3cc(C)c4c(c3)CCN(C)C4)cnc2N)cn1.Cc1cc(-c2cnc(N)c(Oc3cnn(C(C)C)c3)n2)cc2c1CN(C)CC2.Cc1cc(-c2cnc(N)c(Oc3cnn(C4CCCC4)c3)n2)cc2c1CN(C)CC2.Cc1cc(-c2cnc(N)c(Oc3cnn(C4CCOCC4)c3)n2)cc2c1CN(C)CC2. The highest BCUT2D eigenvalue weighted by molar-refractivity contribution is 5.70. The number of hydrogen-bond acceptors (Lipinski definition) is 33. The molecule has 0 radical (unpaired) electrons. The fourth-order valence-electron chi connectivity index (χ4n) is 20.0. The minimum absolute atomic E-state index is 0.199. The van der Waals surface area contributed by atoms with E-state index >= 15 is 0 Å². The van der Waals surface area contributed by atoms with Crippen molar-refractivity contribution in [2.45, 2.75) is 204 Å². The number of fused-ring (bicyclic) bond motifs is 5. The minimum atomic E-state index is 0.199. The summed E-state index contributed by atoms with van der Waals surface area (Å²) in [4.78, 5) is 60.8. The largest absolute Gasteiger partial charge is 0.490 e. The maximum Gasteiger partial charge on any atom is 0.263 e. The third kappa shape index (κ3) is 24.4. The van der Waals surface area contributed by atoms with Crippen LogP contribution in [0.1, 0.15) is 179 Å². The molecule has 0 atom stereocenters. The lowest BCUT2D eigenvalue weighted by atomic mass is 9.92. The summed E-state index contributed by atoms with van der Waals surface area (Å²) < 4.78 is 48.3. The van der Waals surface area contributed by atoms with Gasteiger partial charge in [-0.3, -0.25) is 18.7 Å². The Kier molecular flexibility index (Phi) is 31.9. The van der Waals surface area contributed by atoms with Gasteiger partial charge < -0.3 is 92.1 Å². The van der Waals surface area contributed by atoms with Gasteiger partial charge in [0.25, 0.3) is 29.4 Å². The molecule has 22 rings (SSSR count). The summed E-state index contributed by atoms with van der Waals surface area (Å²) in [6.07, 6.45) is 36.4. The van der Waals surface area contributed by atoms with E-state index in [0.717, 1.165) is 198 Å². The van der Waals surface area contributed by atoms with Crippen molar-refractivity contribution in [2.24, 2.45) is 0 Å². The molecule has 37 heteroatoms. The average Bonchev–Trinajstić information content (AvgIpc) is 1.13. The molecule has 12 N–H and O–H groups in total. The van der Waals surface area contributed by atoms with E-state index in [1.165, 1.54) is 109 Å². The number of pyridine rings is 1. The molecule has 6 aliphatic heterocycles. The second-order valence-electron chi connectivity index (χ2n) is 40.0. The fraction of sp³-hybridized carbons (Fsp3) is 0.396. The number of aryl methyl sites for hydroxylation is 7. The summed E-state index contributed by atoms with van der Waals surface area (Å²) in [5.41, 5.74) is 67.2. The van der Waals surface area contributed by atoms with Crippen molar-refractivity contribution < 1.29 is 33.2 Å². The van der Waals surface area contributed by atoms with E-state index < -0.39 is 0 Å². The van der Waals surface area contributed by atoms with Gasteiger partial charge in [0.1, 0.15) is 6.61 Å². The molecular weight excluding hydrogens is 1870 g/mol. The number of rotatable bonds is 22. The molecule has 0 unspecified atom stereocenters. The summed E-state index contributed by atoms with van der Waals surface area (Å²) in [7, 11) is 10.8. The fourth-order valence-corrected chi connectivity index (χ4v) is 20.0. The van der Waals surface area contributed by atoms with Gasteiger partial charge in [-0.25, -0.2) is 54.8 Å². The van der Waals surface area contributed by atoms with Crippen molar-refractivity contribution in [1.29, 1.82) is 0 Å². The minimum Gasteiger partial charge on any atom is -0.490 e. The van der Waals surface area contributed by atoms with E-state index in [0.29, 0.717) is 76.8 Å². The maximum absolute atomic E-state index is 6.08. The number of nitrogens with two attached hydrogens (primary N) is 6. The second-order valence-corrected chi connectivity index (χ2v) is 40.0. The van der Waals surface area contributed by atoms with E-state index in [2.05, 4.69) is 239 Å². The Balaban J connectivity index is 0.000000121. The Morgan fingerprint density at radius 2 is 0.682 bits per heavy atom. The van der Waals surface area contributed by atoms with Crippen molar-refractivity contribution in [2.75, 3.05) is 122 Å². The van der Waals surface area contributed by atoms with E-state index in [9.17, 15) is 0 Å². The van der Waals surface area contributed by atoms with Crippen LogP contribution in [-0.2, 0) is 82.7 Å². The summed E-state index contributed by atoms with van der Waals surface area (Å²) >= 11 is 0. The Morgan fingerprint density at radius 3 is 1.07 bits per heavy atom. The molecule has 5 aromatic carbocycles. The number of ether oxygens (including phenoxy) is 7. The van der Waals surface area contributed by atoms with E-state index in [-0.39, 0.29) is 47.6 Å². The van der Waals surface area contributed by atoms with Gasteiger partial charge in [0.05, 0.1) is 128 Å². The molecule has 2 fully saturated rings. The molecule has 10 aromatic heterocycles. The Labute approximate surface area is 864 Å². The number of likely N-dealkylation sites (N-methyl/N-ethyl adjacent to an activating group) is 5. The zero-order valence-electron chi connectivity index (χ0n) is 87.5. The van der Waals surface area contributed by atoms with Gasteiger partial charge in [-0.2, -0.15) is 20.4 Å². The first kappa shape index (κ1) is 103. The number of benzene rings is 5. The maximum atomic E-state index is 6.08. The molecule has 772 valence electrons. The molecule has 0 amide bonds. The summed E-state index contributed by atoms with van der Waals surface area (Å²) in [6.45, 7) is 34.0. The predicted octanol–water partition coefficient (Wildman–Crippen LogP) is 17.4. The van der Waals surface area contributed by atoms with Crippen LogP contribution in [0.3, 0.4) is 0 Å². The quantitative estimate of drug-likeness (QED) is 0.0367. The van der Waals surface area contributed by atoms with Gasteiger partial charge in [-0.1, -0.05) is 12.8 Å². The third-order valence-electron chi connectivity index (χ3n) is 28.4. The van der Waals surface area contributed by atoms with Crippen LogP contribution in [0.5, 0.6) is 58.1 Å². The van der Waals surface area contributed by atoms with Crippen LogP contribution < -0.4 is 62.8 Å². The lowest BCUT2D eigenvalue weighted by molar-refractivity contribution is 0.0662. The molecular formula is C111H136N30O7. The normalized spacial score (nSPS) is 15.4. The van der Waals surface area contributed by atoms with Gasteiger partial charge in [0.2, 0.25) is 0 Å². The van der Waals surface area contributed by atoms with E-state index in [1.54, 1.807) is 66.7 Å². The molecule has 0 bridgehead atoms. The summed E-state index contributed by atoms with van der Waals surface area (Å²) in [6, 6.07) is 23.0. The predicted molar refractivity (Wildman–Crippen MR) is 574 cm³/mol. The van der Waals surface area contributed by atoms with Crippen molar-refractivity contribution in [3.63, 3.8) is 0 Å². The number of hydrogen-bond donors (Lipinski definition) is 6. The van der Waals surface area contributed by atoms with Crippen LogP contribution in [0.15, 0.2) is 147 Å². The molecule has 1 saturated heterocycles. The van der Waals surface area contributed by atoms with Crippen LogP contribution in [0, 0.1) is 41.5 Å². The van der Waals surface area contributed by atoms with Crippen molar-refractivity contribution >= 4 is 34.9 Å². The number of nitrogens with zero attached hydrogens (tertiary/aromatic N) is 24. The molecule has 148 heavy (non-hydrogen) atoms. The molecule has 7 aliphatic rings. The Morgan fingerprint density at radius 1 is 0.345 bits per heavy atom. The van der Waals surface area contributed by atoms with Crippen molar-refractivity contribution in [1.82, 2.24) is 118 Å². The zero-order valence-corrected chi connectivity index (χ0v) is 87.5. The molecule has 1 saturated carbocycles. The van der Waals surface area contributed by atoms with Gasteiger partial charge in [-0.15, -0.1) is 0 Å². The third-order valence-corrected chi connectivity index (χ3v) is 28.4. The Bertz CT molecular complexity index is 7260. The standard InChI is InChI=1S/C24H30N6O2.C23H28N6O2.C23H28N6O.C21H26N6O.C20H24N6O/c1-5-31-21-19(15(3)10-27-22(21)25)13-32-24-23(26)28-11-20(29-24)16-8-14(2)18-6-7-30(4)12-17(18)9-16;1-15-9-17(10-16-3-6-28(2)14-20(15)16)21-12-25-22(24)23(27-21)31-19-11-26-29(13-19)18-4-7-30-8-5-18;1-15-9-17(10-16-7-8-28(2)14-20(15)16)21-12-25-22(24)23(27-21)30-19-11-26-29(13-19)18-5-3-4-6-18;1-13(2)27-11-17(9-24-27)28-21-20(22)23-10-19(25-21)16-7-14(3)18-12-26(4)6-5-15(18)8-16;1-4-26-11-16(9-23-26)27-20-19(21)22-10-18(24-20)15-7-13(2)17-12-25(3)6-5-14(17)8-15/h8-11H,5-7,12-13H2,1-4H3,(H2,25,27)(H2,26,28);9-13,18H,3-8,14H2,1-2H3,(H2,24,25);9-13,18H,3-8,14H2,1-2H3,(H2,24,25);7-11,13H,5-6,12H2,1-4H3,(H2,22,23);7-11H,4-6,12H2,1-3H3,(H2,21,22). The first-order valence-electron chi connectivity index (χ1n) is 51.1. The smallest absolute Gasteiger partial charge is 0.263 e. The van der Waals surface area contributed by atoms with Crippen molar-refractivity contribution in [3.05, 3.63) is 242 Å². The lowest BCUT2D eigenvalue weighted by Crippen LogP contribution is -2.27. The summed E-state index contributed by atoms with van der Waals surface area (Å²) in [5, 5.41) is 17.4. The number of aromatic nitrogens is 19.